The van der Waals surface area contributed by atoms with Crippen LogP contribution in [-0.4, -0.2) is 32.4 Å². The molecule has 2 aromatic rings. The standard InChI is InChI=1S/C17H18BrNO3S/c1-13-6-8-14(9-7-13)16-12-19(10-11-22-16)23(20,21)17-5-3-2-4-15(17)18/h2-9,16H,10-12H2,1H3. The minimum Gasteiger partial charge on any atom is -0.371 e. The zero-order valence-corrected chi connectivity index (χ0v) is 15.2. The van der Waals surface area contributed by atoms with E-state index in [9.17, 15) is 8.42 Å². The van der Waals surface area contributed by atoms with E-state index in [4.69, 9.17) is 4.74 Å². The Bertz CT molecular complexity index is 790. The van der Waals surface area contributed by atoms with Crippen LogP contribution in [0, 0.1) is 6.92 Å². The second-order valence-electron chi connectivity index (χ2n) is 5.56. The third-order valence-corrected chi connectivity index (χ3v) is 6.81. The van der Waals surface area contributed by atoms with Crippen molar-refractivity contribution in [1.82, 2.24) is 4.31 Å². The van der Waals surface area contributed by atoms with Gasteiger partial charge in [-0.25, -0.2) is 8.42 Å². The van der Waals surface area contributed by atoms with Gasteiger partial charge in [0.1, 0.15) is 0 Å². The van der Waals surface area contributed by atoms with Crippen LogP contribution in [0.3, 0.4) is 0 Å². The molecule has 1 fully saturated rings. The van der Waals surface area contributed by atoms with Crippen LogP contribution in [0.4, 0.5) is 0 Å². The molecule has 0 bridgehead atoms. The molecule has 122 valence electrons. The van der Waals surface area contributed by atoms with Crippen molar-refractivity contribution in [3.8, 4) is 0 Å². The minimum absolute atomic E-state index is 0.235. The van der Waals surface area contributed by atoms with E-state index in [2.05, 4.69) is 15.9 Å². The second kappa shape index (κ2) is 6.73. The van der Waals surface area contributed by atoms with Gasteiger partial charge in [-0.05, 0) is 40.5 Å². The molecule has 1 aliphatic heterocycles. The fourth-order valence-electron chi connectivity index (χ4n) is 2.62. The monoisotopic (exact) mass is 395 g/mol. The smallest absolute Gasteiger partial charge is 0.244 e. The van der Waals surface area contributed by atoms with Gasteiger partial charge in [0, 0.05) is 17.6 Å². The quantitative estimate of drug-likeness (QED) is 0.798. The van der Waals surface area contributed by atoms with Crippen LogP contribution in [0.25, 0.3) is 0 Å². The summed E-state index contributed by atoms with van der Waals surface area (Å²) in [6.45, 7) is 3.11. The van der Waals surface area contributed by atoms with Gasteiger partial charge in [-0.15, -0.1) is 0 Å². The number of ether oxygens (including phenoxy) is 1. The maximum absolute atomic E-state index is 12.9. The summed E-state index contributed by atoms with van der Waals surface area (Å²) in [4.78, 5) is 0.296. The molecule has 4 nitrogen and oxygen atoms in total. The van der Waals surface area contributed by atoms with Crippen molar-refractivity contribution in [2.75, 3.05) is 19.7 Å². The fraction of sp³-hybridized carbons (Fsp3) is 0.294. The number of halogens is 1. The van der Waals surface area contributed by atoms with E-state index in [0.29, 0.717) is 29.1 Å². The summed E-state index contributed by atoms with van der Waals surface area (Å²) in [5.41, 5.74) is 2.17. The lowest BCUT2D eigenvalue weighted by Gasteiger charge is -2.32. The van der Waals surface area contributed by atoms with Gasteiger partial charge in [0.15, 0.2) is 0 Å². The van der Waals surface area contributed by atoms with Crippen LogP contribution in [-0.2, 0) is 14.8 Å². The first kappa shape index (κ1) is 16.6. The zero-order chi connectivity index (χ0) is 16.4. The molecular weight excluding hydrogens is 378 g/mol. The average Bonchev–Trinajstić information content (AvgIpc) is 2.56. The Morgan fingerprint density at radius 1 is 1.13 bits per heavy atom. The van der Waals surface area contributed by atoms with Crippen LogP contribution in [0.2, 0.25) is 0 Å². The van der Waals surface area contributed by atoms with Gasteiger partial charge >= 0.3 is 0 Å². The number of benzene rings is 2. The van der Waals surface area contributed by atoms with Crippen molar-refractivity contribution in [2.45, 2.75) is 17.9 Å². The number of aryl methyl sites for hydroxylation is 1. The maximum Gasteiger partial charge on any atom is 0.244 e. The highest BCUT2D eigenvalue weighted by Crippen LogP contribution is 2.29. The van der Waals surface area contributed by atoms with Crippen molar-refractivity contribution in [2.24, 2.45) is 0 Å². The van der Waals surface area contributed by atoms with E-state index in [1.54, 1.807) is 24.3 Å². The molecule has 1 aliphatic rings. The lowest BCUT2D eigenvalue weighted by atomic mass is 10.1. The highest BCUT2D eigenvalue weighted by molar-refractivity contribution is 9.10. The van der Waals surface area contributed by atoms with E-state index in [1.165, 1.54) is 9.87 Å². The largest absolute Gasteiger partial charge is 0.371 e. The molecule has 3 rings (SSSR count). The molecule has 0 radical (unpaired) electrons. The summed E-state index contributed by atoms with van der Waals surface area (Å²) in [7, 11) is -3.54. The molecule has 1 unspecified atom stereocenters. The Morgan fingerprint density at radius 2 is 1.83 bits per heavy atom. The number of rotatable bonds is 3. The van der Waals surface area contributed by atoms with Crippen molar-refractivity contribution in [1.29, 1.82) is 0 Å². The molecule has 0 aliphatic carbocycles. The van der Waals surface area contributed by atoms with E-state index in [1.807, 2.05) is 31.2 Å². The summed E-state index contributed by atoms with van der Waals surface area (Å²) in [6, 6.07) is 14.9. The molecular formula is C17H18BrNO3S. The van der Waals surface area contributed by atoms with Crippen molar-refractivity contribution < 1.29 is 13.2 Å². The molecule has 1 saturated heterocycles. The topological polar surface area (TPSA) is 46.6 Å². The molecule has 0 spiro atoms. The van der Waals surface area contributed by atoms with Crippen LogP contribution >= 0.6 is 15.9 Å². The second-order valence-corrected chi connectivity index (χ2v) is 8.32. The minimum atomic E-state index is -3.54. The zero-order valence-electron chi connectivity index (χ0n) is 12.8. The van der Waals surface area contributed by atoms with Gasteiger partial charge in [-0.2, -0.15) is 4.31 Å². The van der Waals surface area contributed by atoms with Crippen molar-refractivity contribution in [3.05, 3.63) is 64.1 Å². The molecule has 1 atom stereocenters. The van der Waals surface area contributed by atoms with Crippen LogP contribution < -0.4 is 0 Å². The first-order chi connectivity index (χ1) is 11.0. The number of sulfonamides is 1. The number of hydrogen-bond acceptors (Lipinski definition) is 3. The molecule has 0 N–H and O–H groups in total. The number of hydrogen-bond donors (Lipinski definition) is 0. The lowest BCUT2D eigenvalue weighted by Crippen LogP contribution is -2.42. The summed E-state index contributed by atoms with van der Waals surface area (Å²) in [6.07, 6.45) is -0.235. The van der Waals surface area contributed by atoms with Gasteiger partial charge in [0.05, 0.1) is 17.6 Å². The Kier molecular flexibility index (Phi) is 4.87. The highest BCUT2D eigenvalue weighted by atomic mass is 79.9. The molecule has 0 amide bonds. The Morgan fingerprint density at radius 3 is 2.52 bits per heavy atom. The van der Waals surface area contributed by atoms with E-state index in [0.717, 1.165) is 5.56 Å². The third kappa shape index (κ3) is 3.50. The summed E-state index contributed by atoms with van der Waals surface area (Å²) in [5.74, 6) is 0. The Balaban J connectivity index is 1.86. The van der Waals surface area contributed by atoms with Crippen molar-refractivity contribution in [3.63, 3.8) is 0 Å². The maximum atomic E-state index is 12.9. The Hall–Kier alpha value is -1.21. The molecule has 1 heterocycles. The van der Waals surface area contributed by atoms with Crippen LogP contribution in [0.5, 0.6) is 0 Å². The van der Waals surface area contributed by atoms with Gasteiger partial charge < -0.3 is 4.74 Å². The van der Waals surface area contributed by atoms with Crippen LogP contribution in [0.1, 0.15) is 17.2 Å². The SMILES string of the molecule is Cc1ccc(C2CN(S(=O)(=O)c3ccccc3Br)CCO2)cc1. The first-order valence-electron chi connectivity index (χ1n) is 7.41. The predicted molar refractivity (Wildman–Crippen MR) is 92.8 cm³/mol. The van der Waals surface area contributed by atoms with E-state index >= 15 is 0 Å². The van der Waals surface area contributed by atoms with Crippen molar-refractivity contribution >= 4 is 26.0 Å². The predicted octanol–water partition coefficient (Wildman–Crippen LogP) is 3.52. The fourth-order valence-corrected chi connectivity index (χ4v) is 5.01. The number of morpholine rings is 1. The first-order valence-corrected chi connectivity index (χ1v) is 9.64. The van der Waals surface area contributed by atoms with E-state index < -0.39 is 10.0 Å². The van der Waals surface area contributed by atoms with Gasteiger partial charge in [-0.3, -0.25) is 0 Å². The third-order valence-electron chi connectivity index (χ3n) is 3.93. The van der Waals surface area contributed by atoms with E-state index in [-0.39, 0.29) is 6.10 Å². The van der Waals surface area contributed by atoms with Gasteiger partial charge in [0.25, 0.3) is 0 Å². The summed E-state index contributed by atoms with van der Waals surface area (Å²) >= 11 is 3.33. The lowest BCUT2D eigenvalue weighted by molar-refractivity contribution is -0.00257. The molecule has 0 aromatic heterocycles. The highest BCUT2D eigenvalue weighted by Gasteiger charge is 2.32. The molecule has 23 heavy (non-hydrogen) atoms. The number of nitrogens with zero attached hydrogens (tertiary/aromatic N) is 1. The normalized spacial score (nSPS) is 19.7. The van der Waals surface area contributed by atoms with Gasteiger partial charge in [0.2, 0.25) is 10.0 Å². The van der Waals surface area contributed by atoms with Gasteiger partial charge in [-0.1, -0.05) is 42.0 Å². The summed E-state index contributed by atoms with van der Waals surface area (Å²) in [5, 5.41) is 0. The molecule has 0 saturated carbocycles. The summed E-state index contributed by atoms with van der Waals surface area (Å²) < 4.78 is 33.6. The Labute approximate surface area is 145 Å². The molecule has 6 heteroatoms. The molecule has 2 aromatic carbocycles. The average molecular weight is 396 g/mol. The van der Waals surface area contributed by atoms with Crippen LogP contribution in [0.15, 0.2) is 57.9 Å².